The maximum Gasteiger partial charge on any atom is 0.165 e. The molecule has 1 saturated carbocycles. The van der Waals surface area contributed by atoms with E-state index in [9.17, 15) is 4.39 Å². The Bertz CT molecular complexity index is 429. The molecule has 0 saturated heterocycles. The highest BCUT2D eigenvalue weighted by Crippen LogP contribution is 2.29. The van der Waals surface area contributed by atoms with Gasteiger partial charge in [-0.15, -0.1) is 0 Å². The van der Waals surface area contributed by atoms with Gasteiger partial charge in [-0.1, -0.05) is 38.7 Å². The fourth-order valence-electron chi connectivity index (χ4n) is 3.42. The van der Waals surface area contributed by atoms with Crippen molar-refractivity contribution in [1.82, 2.24) is 5.32 Å². The van der Waals surface area contributed by atoms with Crippen LogP contribution < -0.4 is 10.1 Å². The zero-order valence-corrected chi connectivity index (χ0v) is 13.3. The first-order valence-corrected chi connectivity index (χ1v) is 8.28. The topological polar surface area (TPSA) is 21.3 Å². The van der Waals surface area contributed by atoms with Crippen LogP contribution in [0.2, 0.25) is 0 Å². The van der Waals surface area contributed by atoms with Gasteiger partial charge in [-0.2, -0.15) is 0 Å². The van der Waals surface area contributed by atoms with Crippen LogP contribution >= 0.6 is 0 Å². The molecule has 2 rings (SSSR count). The lowest BCUT2D eigenvalue weighted by atomic mass is 9.95. The highest BCUT2D eigenvalue weighted by molar-refractivity contribution is 5.29. The van der Waals surface area contributed by atoms with Crippen LogP contribution in [0.3, 0.4) is 0 Å². The van der Waals surface area contributed by atoms with Crippen molar-refractivity contribution in [1.29, 1.82) is 0 Å². The Balaban J connectivity index is 1.90. The molecule has 1 unspecified atom stereocenters. The fourth-order valence-corrected chi connectivity index (χ4v) is 3.42. The Morgan fingerprint density at radius 3 is 2.71 bits per heavy atom. The van der Waals surface area contributed by atoms with Gasteiger partial charge in [-0.3, -0.25) is 0 Å². The van der Waals surface area contributed by atoms with Crippen molar-refractivity contribution in [3.8, 4) is 5.75 Å². The molecule has 0 spiro atoms. The number of methoxy groups -OCH3 is 1. The second-order valence-electron chi connectivity index (χ2n) is 6.16. The molecule has 1 aliphatic rings. The number of rotatable bonds is 8. The lowest BCUT2D eigenvalue weighted by Crippen LogP contribution is -2.31. The molecule has 1 aromatic carbocycles. The van der Waals surface area contributed by atoms with Crippen LogP contribution in [0.4, 0.5) is 4.39 Å². The average molecular weight is 293 g/mol. The van der Waals surface area contributed by atoms with Crippen molar-refractivity contribution in [2.45, 2.75) is 57.9 Å². The summed E-state index contributed by atoms with van der Waals surface area (Å²) >= 11 is 0. The van der Waals surface area contributed by atoms with Crippen LogP contribution in [0.5, 0.6) is 5.75 Å². The van der Waals surface area contributed by atoms with E-state index in [4.69, 9.17) is 4.74 Å². The first-order valence-electron chi connectivity index (χ1n) is 8.28. The Morgan fingerprint density at radius 2 is 2.10 bits per heavy atom. The van der Waals surface area contributed by atoms with E-state index in [2.05, 4.69) is 12.2 Å². The van der Waals surface area contributed by atoms with Crippen LogP contribution in [-0.4, -0.2) is 19.7 Å². The molecule has 1 aromatic rings. The number of halogens is 1. The van der Waals surface area contributed by atoms with Crippen LogP contribution in [0.1, 0.15) is 51.0 Å². The summed E-state index contributed by atoms with van der Waals surface area (Å²) in [6.45, 7) is 3.10. The third-order valence-corrected chi connectivity index (χ3v) is 4.59. The Kier molecular flexibility index (Phi) is 6.50. The normalized spacial score (nSPS) is 17.1. The maximum absolute atomic E-state index is 13.8. The van der Waals surface area contributed by atoms with Gasteiger partial charge in [-0.25, -0.2) is 4.39 Å². The summed E-state index contributed by atoms with van der Waals surface area (Å²) in [6.07, 6.45) is 8.98. The van der Waals surface area contributed by atoms with Crippen molar-refractivity contribution in [3.63, 3.8) is 0 Å². The van der Waals surface area contributed by atoms with E-state index in [0.29, 0.717) is 11.8 Å². The van der Waals surface area contributed by atoms with Gasteiger partial charge in [0.1, 0.15) is 0 Å². The van der Waals surface area contributed by atoms with Crippen molar-refractivity contribution in [3.05, 3.63) is 29.6 Å². The van der Waals surface area contributed by atoms with E-state index in [1.807, 2.05) is 6.07 Å². The summed E-state index contributed by atoms with van der Waals surface area (Å²) in [6, 6.07) is 5.76. The lowest BCUT2D eigenvalue weighted by molar-refractivity contribution is 0.384. The molecule has 0 bridgehead atoms. The monoisotopic (exact) mass is 293 g/mol. The van der Waals surface area contributed by atoms with E-state index in [-0.39, 0.29) is 5.82 Å². The predicted molar refractivity (Wildman–Crippen MR) is 85.3 cm³/mol. The molecule has 21 heavy (non-hydrogen) atoms. The summed E-state index contributed by atoms with van der Waals surface area (Å²) in [4.78, 5) is 0. The SMILES string of the molecule is CCNC(CCC1CCCC1)Cc1ccc(OC)c(F)c1. The maximum atomic E-state index is 13.8. The molecule has 118 valence electrons. The summed E-state index contributed by atoms with van der Waals surface area (Å²) in [5.41, 5.74) is 1.05. The highest BCUT2D eigenvalue weighted by Gasteiger charge is 2.17. The largest absolute Gasteiger partial charge is 0.494 e. The molecular weight excluding hydrogens is 265 g/mol. The van der Waals surface area contributed by atoms with Crippen molar-refractivity contribution >= 4 is 0 Å². The number of ether oxygens (including phenoxy) is 1. The van der Waals surface area contributed by atoms with Crippen LogP contribution in [0.15, 0.2) is 18.2 Å². The van der Waals surface area contributed by atoms with Gasteiger partial charge >= 0.3 is 0 Å². The molecule has 1 N–H and O–H groups in total. The summed E-state index contributed by atoms with van der Waals surface area (Å²) in [5, 5.41) is 3.55. The molecule has 0 amide bonds. The average Bonchev–Trinajstić information content (AvgIpc) is 2.98. The Hall–Kier alpha value is -1.09. The number of nitrogens with one attached hydrogen (secondary N) is 1. The summed E-state index contributed by atoms with van der Waals surface area (Å²) in [5.74, 6) is 0.976. The Morgan fingerprint density at radius 1 is 1.33 bits per heavy atom. The van der Waals surface area contributed by atoms with E-state index in [1.54, 1.807) is 12.1 Å². The van der Waals surface area contributed by atoms with Gasteiger partial charge < -0.3 is 10.1 Å². The fraction of sp³-hybridized carbons (Fsp3) is 0.667. The van der Waals surface area contributed by atoms with Gasteiger partial charge in [0.25, 0.3) is 0 Å². The minimum atomic E-state index is -0.263. The lowest BCUT2D eigenvalue weighted by Gasteiger charge is -2.20. The smallest absolute Gasteiger partial charge is 0.165 e. The van der Waals surface area contributed by atoms with E-state index in [0.717, 1.165) is 24.4 Å². The second-order valence-corrected chi connectivity index (χ2v) is 6.16. The van der Waals surface area contributed by atoms with Crippen molar-refractivity contribution in [2.75, 3.05) is 13.7 Å². The second kappa shape index (κ2) is 8.38. The molecule has 0 heterocycles. The molecule has 2 nitrogen and oxygen atoms in total. The molecule has 3 heteroatoms. The van der Waals surface area contributed by atoms with E-state index >= 15 is 0 Å². The molecule has 0 radical (unpaired) electrons. The molecule has 1 aliphatic carbocycles. The van der Waals surface area contributed by atoms with Crippen LogP contribution in [-0.2, 0) is 6.42 Å². The standard InChI is InChI=1S/C18H28FNO/c1-3-20-16(10-8-14-6-4-5-7-14)12-15-9-11-18(21-2)17(19)13-15/h9,11,13-14,16,20H,3-8,10,12H2,1-2H3. The molecular formula is C18H28FNO. The minimum Gasteiger partial charge on any atom is -0.494 e. The van der Waals surface area contributed by atoms with Crippen molar-refractivity contribution in [2.24, 2.45) is 5.92 Å². The summed E-state index contributed by atoms with van der Waals surface area (Å²) in [7, 11) is 1.50. The molecule has 0 aliphatic heterocycles. The number of benzene rings is 1. The van der Waals surface area contributed by atoms with Gasteiger partial charge in [0.2, 0.25) is 0 Å². The molecule has 1 fully saturated rings. The molecule has 1 atom stereocenters. The summed E-state index contributed by atoms with van der Waals surface area (Å²) < 4.78 is 18.7. The van der Waals surface area contributed by atoms with Gasteiger partial charge in [0, 0.05) is 6.04 Å². The van der Waals surface area contributed by atoms with Gasteiger partial charge in [0.15, 0.2) is 11.6 Å². The number of hydrogen-bond acceptors (Lipinski definition) is 2. The number of likely N-dealkylation sites (N-methyl/N-ethyl adjacent to an activating group) is 1. The molecule has 0 aromatic heterocycles. The Labute approximate surface area is 128 Å². The zero-order valence-electron chi connectivity index (χ0n) is 13.3. The minimum absolute atomic E-state index is 0.263. The quantitative estimate of drug-likeness (QED) is 0.770. The third-order valence-electron chi connectivity index (χ3n) is 4.59. The van der Waals surface area contributed by atoms with E-state index < -0.39 is 0 Å². The van der Waals surface area contributed by atoms with Gasteiger partial charge in [0.05, 0.1) is 7.11 Å². The first kappa shape index (κ1) is 16.3. The zero-order chi connectivity index (χ0) is 15.1. The highest BCUT2D eigenvalue weighted by atomic mass is 19.1. The first-order chi connectivity index (χ1) is 10.2. The van der Waals surface area contributed by atoms with Crippen molar-refractivity contribution < 1.29 is 9.13 Å². The predicted octanol–water partition coefficient (Wildman–Crippen LogP) is 4.33. The van der Waals surface area contributed by atoms with Crippen LogP contribution in [0, 0.1) is 11.7 Å². The third kappa shape index (κ3) is 4.99. The van der Waals surface area contributed by atoms with E-state index in [1.165, 1.54) is 45.6 Å². The number of hydrogen-bond donors (Lipinski definition) is 1. The van der Waals surface area contributed by atoms with Crippen LogP contribution in [0.25, 0.3) is 0 Å². The van der Waals surface area contributed by atoms with Gasteiger partial charge in [-0.05, 0) is 49.4 Å².